The highest BCUT2D eigenvalue weighted by atomic mass is 127. The summed E-state index contributed by atoms with van der Waals surface area (Å²) >= 11 is 1.05. The number of benzene rings is 2. The third kappa shape index (κ3) is 5.08. The molecule has 0 aliphatic heterocycles. The minimum absolute atomic E-state index is 0.0908. The lowest BCUT2D eigenvalue weighted by Gasteiger charge is -2.17. The maximum absolute atomic E-state index is 13.1. The van der Waals surface area contributed by atoms with Crippen LogP contribution in [-0.2, 0) is 20.2 Å². The topological polar surface area (TPSA) is 86.7 Å². The van der Waals surface area contributed by atoms with Crippen LogP contribution >= 0.6 is 22.6 Å². The van der Waals surface area contributed by atoms with Crippen molar-refractivity contribution in [3.05, 3.63) is 45.8 Å². The van der Waals surface area contributed by atoms with Gasteiger partial charge in [0.15, 0.2) is 11.5 Å². The average Bonchev–Trinajstić information content (AvgIpc) is 2.57. The minimum Gasteiger partial charge on any atom is -0.375 e. The smallest absolute Gasteiger partial charge is 0.375 e. The predicted molar refractivity (Wildman–Crippen MR) is 95.8 cm³/mol. The van der Waals surface area contributed by atoms with Crippen molar-refractivity contribution in [3.63, 3.8) is 0 Å². The lowest BCUT2D eigenvalue weighted by atomic mass is 10.0. The van der Waals surface area contributed by atoms with Gasteiger partial charge in [0.2, 0.25) is 0 Å². The summed E-state index contributed by atoms with van der Waals surface area (Å²) in [5.41, 5.74) is -12.3. The van der Waals surface area contributed by atoms with Gasteiger partial charge in [0.1, 0.15) is 9.39 Å². The fourth-order valence-electron chi connectivity index (χ4n) is 1.86. The summed E-state index contributed by atoms with van der Waals surface area (Å²) in [5, 5.41) is 0. The van der Waals surface area contributed by atoms with Crippen LogP contribution in [0.2, 0.25) is 0 Å². The van der Waals surface area contributed by atoms with Gasteiger partial charge in [0.05, 0.1) is 0 Å². The summed E-state index contributed by atoms with van der Waals surface area (Å²) in [7, 11) is -12.5. The molecule has 2 rings (SSSR count). The van der Waals surface area contributed by atoms with E-state index in [-0.39, 0.29) is 5.56 Å². The second kappa shape index (κ2) is 8.03. The van der Waals surface area contributed by atoms with Gasteiger partial charge in [-0.3, -0.25) is 0 Å². The first-order valence-electron chi connectivity index (χ1n) is 7.06. The van der Waals surface area contributed by atoms with Crippen molar-refractivity contribution in [2.24, 2.45) is 0 Å². The van der Waals surface area contributed by atoms with E-state index in [2.05, 4.69) is 8.37 Å². The molecule has 0 aromatic heterocycles. The molecule has 0 N–H and O–H groups in total. The maximum atomic E-state index is 13.1. The highest BCUT2D eigenvalue weighted by Crippen LogP contribution is 2.43. The predicted octanol–water partition coefficient (Wildman–Crippen LogP) is 4.55. The van der Waals surface area contributed by atoms with E-state index in [0.29, 0.717) is 6.07 Å². The molecule has 0 radical (unpaired) electrons. The SMILES string of the molecule is O=S(=O)(Oc1ccc(-c2ccc(F)cc2)c(OS(=O)(=O)C(F)(F)F)c1I)C(F)(F)F. The Morgan fingerprint density at radius 2 is 1.20 bits per heavy atom. The Morgan fingerprint density at radius 1 is 0.733 bits per heavy atom. The molecule has 0 bridgehead atoms. The van der Waals surface area contributed by atoms with Crippen LogP contribution in [0.1, 0.15) is 0 Å². The Labute approximate surface area is 178 Å². The Kier molecular flexibility index (Phi) is 6.54. The Hall–Kier alpha value is -1.82. The lowest BCUT2D eigenvalue weighted by Crippen LogP contribution is -2.29. The molecule has 0 unspecified atom stereocenters. The second-order valence-electron chi connectivity index (χ2n) is 5.23. The van der Waals surface area contributed by atoms with Crippen molar-refractivity contribution in [1.29, 1.82) is 0 Å². The van der Waals surface area contributed by atoms with Gasteiger partial charge in [-0.2, -0.15) is 43.2 Å². The molecule has 0 saturated carbocycles. The molecule has 16 heteroatoms. The van der Waals surface area contributed by atoms with Crippen molar-refractivity contribution in [2.45, 2.75) is 11.0 Å². The fourth-order valence-corrected chi connectivity index (χ4v) is 3.81. The van der Waals surface area contributed by atoms with E-state index in [1.165, 1.54) is 0 Å². The van der Waals surface area contributed by atoms with Crippen LogP contribution < -0.4 is 8.37 Å². The number of hydrogen-bond acceptors (Lipinski definition) is 6. The van der Waals surface area contributed by atoms with Crippen LogP contribution in [0.5, 0.6) is 11.5 Å². The van der Waals surface area contributed by atoms with Crippen LogP contribution in [0.15, 0.2) is 36.4 Å². The van der Waals surface area contributed by atoms with Gasteiger partial charge < -0.3 is 8.37 Å². The number of hydrogen-bond donors (Lipinski definition) is 0. The van der Waals surface area contributed by atoms with Gasteiger partial charge in [0, 0.05) is 5.56 Å². The van der Waals surface area contributed by atoms with E-state index in [4.69, 9.17) is 0 Å². The summed E-state index contributed by atoms with van der Waals surface area (Å²) in [4.78, 5) is 0. The lowest BCUT2D eigenvalue weighted by molar-refractivity contribution is -0.0502. The Bertz CT molecular complexity index is 1160. The Morgan fingerprint density at radius 3 is 1.67 bits per heavy atom. The third-order valence-electron chi connectivity index (χ3n) is 3.18. The van der Waals surface area contributed by atoms with Crippen LogP contribution in [0.25, 0.3) is 11.1 Å². The monoisotopic (exact) mass is 594 g/mol. The molecular formula is C14H6F7IO6S2. The third-order valence-corrected chi connectivity index (χ3v) is 6.12. The van der Waals surface area contributed by atoms with E-state index >= 15 is 0 Å². The average molecular weight is 594 g/mol. The molecule has 2 aromatic carbocycles. The van der Waals surface area contributed by atoms with Gasteiger partial charge in [-0.15, -0.1) is 0 Å². The van der Waals surface area contributed by atoms with Crippen LogP contribution in [0.4, 0.5) is 30.7 Å². The highest BCUT2D eigenvalue weighted by molar-refractivity contribution is 14.1. The summed E-state index contributed by atoms with van der Waals surface area (Å²) in [6.07, 6.45) is 0. The molecule has 6 nitrogen and oxygen atoms in total. The summed E-state index contributed by atoms with van der Waals surface area (Å²) < 4.78 is 141. The molecule has 0 aliphatic rings. The minimum atomic E-state index is -6.31. The zero-order chi connectivity index (χ0) is 23.1. The molecule has 0 heterocycles. The van der Waals surface area contributed by atoms with E-state index in [1.54, 1.807) is 0 Å². The van der Waals surface area contributed by atoms with E-state index in [1.807, 2.05) is 0 Å². The molecular weight excluding hydrogens is 588 g/mol. The summed E-state index contributed by atoms with van der Waals surface area (Å²) in [6, 6.07) is 5.14. The van der Waals surface area contributed by atoms with Crippen LogP contribution in [0.3, 0.4) is 0 Å². The molecule has 0 aliphatic carbocycles. The molecule has 0 amide bonds. The standard InChI is InChI=1S/C14H6F7IO6S2/c15-8-3-1-7(2-4-8)9-5-6-10(27-29(23,24)13(16,17)18)11(22)12(9)28-30(25,26)14(19,20)21/h1-6H. The first-order chi connectivity index (χ1) is 13.5. The molecule has 2 aromatic rings. The van der Waals surface area contributed by atoms with Gasteiger partial charge in [-0.25, -0.2) is 4.39 Å². The first-order valence-corrected chi connectivity index (χ1v) is 11.0. The number of halogens is 8. The zero-order valence-electron chi connectivity index (χ0n) is 13.8. The molecule has 0 atom stereocenters. The Balaban J connectivity index is 2.71. The van der Waals surface area contributed by atoms with E-state index < -0.39 is 57.7 Å². The summed E-state index contributed by atoms with van der Waals surface area (Å²) in [5.74, 6) is -3.07. The van der Waals surface area contributed by atoms with Crippen LogP contribution in [0, 0.1) is 9.39 Å². The first kappa shape index (κ1) is 24.4. The molecule has 0 fully saturated rings. The largest absolute Gasteiger partial charge is 0.534 e. The van der Waals surface area contributed by atoms with Gasteiger partial charge >= 0.3 is 31.3 Å². The van der Waals surface area contributed by atoms with Gasteiger partial charge in [-0.05, 0) is 52.4 Å². The quantitative estimate of drug-likeness (QED) is 0.219. The number of alkyl halides is 6. The van der Waals surface area contributed by atoms with E-state index in [0.717, 1.165) is 52.9 Å². The normalized spacial score (nSPS) is 13.2. The second-order valence-corrected chi connectivity index (χ2v) is 9.38. The van der Waals surface area contributed by atoms with Crippen molar-refractivity contribution in [3.8, 4) is 22.6 Å². The molecule has 0 saturated heterocycles. The van der Waals surface area contributed by atoms with Crippen molar-refractivity contribution >= 4 is 42.8 Å². The summed E-state index contributed by atoms with van der Waals surface area (Å²) in [6.45, 7) is 0. The molecule has 166 valence electrons. The zero-order valence-corrected chi connectivity index (χ0v) is 17.5. The molecule has 0 spiro atoms. The van der Waals surface area contributed by atoms with Crippen molar-refractivity contribution < 1.29 is 55.9 Å². The van der Waals surface area contributed by atoms with E-state index in [9.17, 15) is 47.6 Å². The van der Waals surface area contributed by atoms with Gasteiger partial charge in [0.25, 0.3) is 0 Å². The highest BCUT2D eigenvalue weighted by Gasteiger charge is 2.50. The molecule has 30 heavy (non-hydrogen) atoms. The van der Waals surface area contributed by atoms with Crippen molar-refractivity contribution in [1.82, 2.24) is 0 Å². The maximum Gasteiger partial charge on any atom is 0.534 e. The number of rotatable bonds is 5. The van der Waals surface area contributed by atoms with Crippen LogP contribution in [-0.4, -0.2) is 27.9 Å². The van der Waals surface area contributed by atoms with Gasteiger partial charge in [-0.1, -0.05) is 12.1 Å². The van der Waals surface area contributed by atoms with Crippen molar-refractivity contribution in [2.75, 3.05) is 0 Å². The fraction of sp³-hybridized carbons (Fsp3) is 0.143.